The van der Waals surface area contributed by atoms with Gasteiger partial charge in [0.15, 0.2) is 0 Å². The highest BCUT2D eigenvalue weighted by Gasteiger charge is 2.37. The molecule has 1 atom stereocenters. The summed E-state index contributed by atoms with van der Waals surface area (Å²) in [6.07, 6.45) is 0.563. The van der Waals surface area contributed by atoms with Crippen molar-refractivity contribution >= 4 is 23.6 Å². The number of hydrogen-bond donors (Lipinski definition) is 2. The Morgan fingerprint density at radius 3 is 2.30 bits per heavy atom. The van der Waals surface area contributed by atoms with E-state index < -0.39 is 17.2 Å². The third-order valence-corrected chi connectivity index (χ3v) is 6.58. The molecule has 0 radical (unpaired) electrons. The summed E-state index contributed by atoms with van der Waals surface area (Å²) in [5.74, 6) is -1.52. The maximum absolute atomic E-state index is 13.4. The van der Waals surface area contributed by atoms with E-state index in [2.05, 4.69) is 5.32 Å². The number of rotatable bonds is 6. The molecule has 2 aliphatic rings. The van der Waals surface area contributed by atoms with Crippen LogP contribution in [0.4, 0.5) is 0 Å². The summed E-state index contributed by atoms with van der Waals surface area (Å²) in [4.78, 5) is 53.6. The van der Waals surface area contributed by atoms with Crippen LogP contribution in [0.5, 0.6) is 0 Å². The van der Waals surface area contributed by atoms with E-state index in [-0.39, 0.29) is 30.9 Å². The standard InChI is InChI=1S/C25H28N4O4/c1-25(2,23(26)32)24(33)27-12-19-11-16-7-3-4-8-17(16)14-29(19)21(30)15-28-13-18-9-5-6-10-20(18)22(28)31/h3-10,19H,11-15H2,1-2H3,(H2,26,32)(H,27,33). The summed E-state index contributed by atoms with van der Waals surface area (Å²) >= 11 is 0. The molecule has 2 aliphatic heterocycles. The van der Waals surface area contributed by atoms with E-state index >= 15 is 0 Å². The Morgan fingerprint density at radius 2 is 1.64 bits per heavy atom. The van der Waals surface area contributed by atoms with Crippen LogP contribution in [-0.2, 0) is 33.9 Å². The van der Waals surface area contributed by atoms with Crippen LogP contribution in [0.1, 0.15) is 40.9 Å². The SMILES string of the molecule is CC(C)(C(N)=O)C(=O)NCC1Cc2ccccc2CN1C(=O)CN1Cc2ccccc2C1=O. The third-order valence-electron chi connectivity index (χ3n) is 6.58. The van der Waals surface area contributed by atoms with Gasteiger partial charge in [0, 0.05) is 25.2 Å². The third kappa shape index (κ3) is 4.33. The van der Waals surface area contributed by atoms with Crippen molar-refractivity contribution in [2.24, 2.45) is 11.1 Å². The Balaban J connectivity index is 1.50. The average Bonchev–Trinajstić information content (AvgIpc) is 3.11. The molecule has 0 fully saturated rings. The van der Waals surface area contributed by atoms with Crippen molar-refractivity contribution in [2.75, 3.05) is 13.1 Å². The molecule has 4 rings (SSSR count). The minimum Gasteiger partial charge on any atom is -0.369 e. The molecule has 0 saturated heterocycles. The normalized spacial score (nSPS) is 17.4. The van der Waals surface area contributed by atoms with E-state index in [9.17, 15) is 19.2 Å². The predicted octanol–water partition coefficient (Wildman–Crippen LogP) is 1.22. The number of nitrogens with two attached hydrogens (primary N) is 1. The summed E-state index contributed by atoms with van der Waals surface area (Å²) < 4.78 is 0. The highest BCUT2D eigenvalue weighted by Crippen LogP contribution is 2.26. The molecule has 2 heterocycles. The quantitative estimate of drug-likeness (QED) is 0.647. The minimum atomic E-state index is -1.35. The van der Waals surface area contributed by atoms with Crippen LogP contribution < -0.4 is 11.1 Å². The maximum Gasteiger partial charge on any atom is 0.254 e. The molecule has 8 nitrogen and oxygen atoms in total. The number of primary amides is 1. The zero-order valence-corrected chi connectivity index (χ0v) is 18.8. The first-order valence-corrected chi connectivity index (χ1v) is 11.0. The summed E-state index contributed by atoms with van der Waals surface area (Å²) in [5.41, 5.74) is 7.70. The molecule has 2 aromatic carbocycles. The lowest BCUT2D eigenvalue weighted by Crippen LogP contribution is -2.54. The lowest BCUT2D eigenvalue weighted by Gasteiger charge is -2.38. The van der Waals surface area contributed by atoms with Crippen LogP contribution in [-0.4, -0.2) is 52.6 Å². The van der Waals surface area contributed by atoms with Crippen molar-refractivity contribution in [3.8, 4) is 0 Å². The molecular weight excluding hydrogens is 420 g/mol. The van der Waals surface area contributed by atoms with Crippen molar-refractivity contribution in [3.63, 3.8) is 0 Å². The second-order valence-corrected chi connectivity index (χ2v) is 9.17. The summed E-state index contributed by atoms with van der Waals surface area (Å²) in [6.45, 7) is 3.89. The van der Waals surface area contributed by atoms with Crippen LogP contribution in [0.15, 0.2) is 48.5 Å². The van der Waals surface area contributed by atoms with Gasteiger partial charge in [-0.1, -0.05) is 42.5 Å². The summed E-state index contributed by atoms with van der Waals surface area (Å²) in [6, 6.07) is 14.9. The maximum atomic E-state index is 13.4. The van der Waals surface area contributed by atoms with Gasteiger partial charge in [0.1, 0.15) is 12.0 Å². The van der Waals surface area contributed by atoms with Crippen LogP contribution in [0.25, 0.3) is 0 Å². The van der Waals surface area contributed by atoms with Gasteiger partial charge in [-0.3, -0.25) is 19.2 Å². The summed E-state index contributed by atoms with van der Waals surface area (Å²) in [7, 11) is 0. The predicted molar refractivity (Wildman–Crippen MR) is 122 cm³/mol. The van der Waals surface area contributed by atoms with Gasteiger partial charge in [0.05, 0.1) is 6.04 Å². The van der Waals surface area contributed by atoms with E-state index in [1.54, 1.807) is 15.9 Å². The van der Waals surface area contributed by atoms with Gasteiger partial charge in [-0.25, -0.2) is 0 Å². The molecule has 0 bridgehead atoms. The fraction of sp³-hybridized carbons (Fsp3) is 0.360. The van der Waals surface area contributed by atoms with Gasteiger partial charge < -0.3 is 20.9 Å². The number of fused-ring (bicyclic) bond motifs is 2. The van der Waals surface area contributed by atoms with E-state index in [4.69, 9.17) is 5.73 Å². The molecular formula is C25H28N4O4. The molecule has 0 spiro atoms. The van der Waals surface area contributed by atoms with Gasteiger partial charge in [0.25, 0.3) is 5.91 Å². The molecule has 33 heavy (non-hydrogen) atoms. The number of nitrogens with one attached hydrogen (secondary N) is 1. The number of nitrogens with zero attached hydrogens (tertiary/aromatic N) is 2. The molecule has 172 valence electrons. The average molecular weight is 449 g/mol. The van der Waals surface area contributed by atoms with E-state index in [0.717, 1.165) is 16.7 Å². The zero-order chi connectivity index (χ0) is 23.8. The van der Waals surface area contributed by atoms with Gasteiger partial charge in [-0.15, -0.1) is 0 Å². The molecule has 8 heteroatoms. The minimum absolute atomic E-state index is 0.0348. The van der Waals surface area contributed by atoms with Crippen molar-refractivity contribution in [1.29, 1.82) is 0 Å². The largest absolute Gasteiger partial charge is 0.369 e. The number of amides is 4. The fourth-order valence-corrected chi connectivity index (χ4v) is 4.30. The van der Waals surface area contributed by atoms with Gasteiger partial charge >= 0.3 is 0 Å². The Morgan fingerprint density at radius 1 is 1.00 bits per heavy atom. The fourth-order valence-electron chi connectivity index (χ4n) is 4.30. The lowest BCUT2D eigenvalue weighted by molar-refractivity contribution is -0.141. The Kier molecular flexibility index (Phi) is 5.93. The Hall–Kier alpha value is -3.68. The van der Waals surface area contributed by atoms with Crippen LogP contribution >= 0.6 is 0 Å². The van der Waals surface area contributed by atoms with Gasteiger partial charge in [-0.2, -0.15) is 0 Å². The topological polar surface area (TPSA) is 113 Å². The molecule has 1 unspecified atom stereocenters. The molecule has 0 aromatic heterocycles. The van der Waals surface area contributed by atoms with Gasteiger partial charge in [-0.05, 0) is 43.0 Å². The van der Waals surface area contributed by atoms with Crippen molar-refractivity contribution in [1.82, 2.24) is 15.1 Å². The molecule has 2 aromatic rings. The molecule has 3 N–H and O–H groups in total. The second-order valence-electron chi connectivity index (χ2n) is 9.17. The first kappa shape index (κ1) is 22.5. The smallest absolute Gasteiger partial charge is 0.254 e. The van der Waals surface area contributed by atoms with E-state index in [0.29, 0.717) is 25.1 Å². The Labute approximate surface area is 192 Å². The molecule has 4 amide bonds. The van der Waals surface area contributed by atoms with Crippen LogP contribution in [0.2, 0.25) is 0 Å². The number of carbonyl (C=O) groups excluding carboxylic acids is 4. The van der Waals surface area contributed by atoms with E-state index in [1.807, 2.05) is 42.5 Å². The molecule has 0 saturated carbocycles. The highest BCUT2D eigenvalue weighted by molar-refractivity contribution is 6.03. The monoisotopic (exact) mass is 448 g/mol. The number of hydrogen-bond acceptors (Lipinski definition) is 4. The van der Waals surface area contributed by atoms with Crippen LogP contribution in [0, 0.1) is 5.41 Å². The van der Waals surface area contributed by atoms with Crippen LogP contribution in [0.3, 0.4) is 0 Å². The van der Waals surface area contributed by atoms with Crippen molar-refractivity contribution in [3.05, 3.63) is 70.8 Å². The zero-order valence-electron chi connectivity index (χ0n) is 18.8. The van der Waals surface area contributed by atoms with Crippen molar-refractivity contribution in [2.45, 2.75) is 39.4 Å². The Bertz CT molecular complexity index is 1130. The molecule has 0 aliphatic carbocycles. The summed E-state index contributed by atoms with van der Waals surface area (Å²) in [5, 5.41) is 2.79. The van der Waals surface area contributed by atoms with E-state index in [1.165, 1.54) is 13.8 Å². The number of carbonyl (C=O) groups is 4. The van der Waals surface area contributed by atoms with Crippen molar-refractivity contribution < 1.29 is 19.2 Å². The number of benzene rings is 2. The second kappa shape index (κ2) is 8.69. The first-order chi connectivity index (χ1) is 15.7. The van der Waals surface area contributed by atoms with Gasteiger partial charge in [0.2, 0.25) is 17.7 Å². The lowest BCUT2D eigenvalue weighted by atomic mass is 9.90. The first-order valence-electron chi connectivity index (χ1n) is 11.0. The highest BCUT2D eigenvalue weighted by atomic mass is 16.2.